The lowest BCUT2D eigenvalue weighted by atomic mass is 9.95. The molecule has 0 spiro atoms. The highest BCUT2D eigenvalue weighted by atomic mass is 32.2. The van der Waals surface area contributed by atoms with Crippen LogP contribution in [0.2, 0.25) is 0 Å². The Morgan fingerprint density at radius 1 is 1.09 bits per heavy atom. The van der Waals surface area contributed by atoms with Gasteiger partial charge in [0.2, 0.25) is 0 Å². The van der Waals surface area contributed by atoms with Crippen LogP contribution in [-0.2, 0) is 0 Å². The fourth-order valence-electron chi connectivity index (χ4n) is 5.72. The van der Waals surface area contributed by atoms with E-state index in [0.29, 0.717) is 18.1 Å². The number of hydrogen-bond acceptors (Lipinski definition) is 5. The van der Waals surface area contributed by atoms with Crippen molar-refractivity contribution in [1.29, 1.82) is 0 Å². The second-order valence-electron chi connectivity index (χ2n) is 11.5. The van der Waals surface area contributed by atoms with Gasteiger partial charge in [-0.05, 0) is 81.5 Å². The summed E-state index contributed by atoms with van der Waals surface area (Å²) in [6, 6.07) is 17.5. The maximum absolute atomic E-state index is 13.1. The molecule has 3 aromatic carbocycles. The number of thioether (sulfide) groups is 1. The number of halogens is 3. The largest absolute Gasteiger partial charge is 0.573 e. The summed E-state index contributed by atoms with van der Waals surface area (Å²) in [6.07, 6.45) is -1.42. The van der Waals surface area contributed by atoms with Crippen molar-refractivity contribution in [3.05, 3.63) is 89.2 Å². The SMILES string of the molecule is CCC(CNC(=O)/N=C1\SCCC(C)N1c1c(C)cc(C)cc1C)c1ccc(-c2ncn(-c3ccc(OC(F)(F)F)cc3)n2)cc1. The number of carbonyl (C=O) groups excluding carboxylic acids is 1. The van der Waals surface area contributed by atoms with Crippen LogP contribution in [0.15, 0.2) is 72.0 Å². The molecule has 5 rings (SSSR count). The molecule has 1 aromatic heterocycles. The minimum absolute atomic E-state index is 0.0803. The number of aliphatic imine (C=N–C) groups is 1. The first-order valence-electron chi connectivity index (χ1n) is 15.2. The maximum Gasteiger partial charge on any atom is 0.573 e. The number of benzene rings is 3. The van der Waals surface area contributed by atoms with Gasteiger partial charge in [-0.25, -0.2) is 14.5 Å². The van der Waals surface area contributed by atoms with Gasteiger partial charge < -0.3 is 15.0 Å². The molecule has 0 bridgehead atoms. The van der Waals surface area contributed by atoms with Crippen molar-refractivity contribution in [2.24, 2.45) is 4.99 Å². The van der Waals surface area contributed by atoms with Crippen LogP contribution in [0.3, 0.4) is 0 Å². The third-order valence-corrected chi connectivity index (χ3v) is 8.93. The third-order valence-electron chi connectivity index (χ3n) is 7.95. The Labute approximate surface area is 271 Å². The van der Waals surface area contributed by atoms with Gasteiger partial charge in [-0.3, -0.25) is 0 Å². The number of hydrogen-bond donors (Lipinski definition) is 1. The molecule has 1 aliphatic heterocycles. The predicted octanol–water partition coefficient (Wildman–Crippen LogP) is 8.35. The first kappa shape index (κ1) is 33.1. The number of rotatable bonds is 8. The molecule has 1 N–H and O–H groups in total. The van der Waals surface area contributed by atoms with Crippen molar-refractivity contribution in [1.82, 2.24) is 20.1 Å². The molecular weight excluding hydrogens is 613 g/mol. The van der Waals surface area contributed by atoms with Crippen LogP contribution < -0.4 is 15.0 Å². The molecule has 8 nitrogen and oxygen atoms in total. The van der Waals surface area contributed by atoms with Crippen molar-refractivity contribution < 1.29 is 22.7 Å². The molecule has 12 heteroatoms. The molecule has 2 amide bonds. The highest BCUT2D eigenvalue weighted by Crippen LogP contribution is 2.35. The van der Waals surface area contributed by atoms with E-state index >= 15 is 0 Å². The molecule has 2 atom stereocenters. The van der Waals surface area contributed by atoms with E-state index in [1.807, 2.05) is 24.3 Å². The number of aromatic nitrogens is 3. The normalized spacial score (nSPS) is 16.8. The Hall–Kier alpha value is -4.32. The number of aryl methyl sites for hydroxylation is 3. The number of anilines is 1. The number of amidine groups is 1. The average molecular weight is 651 g/mol. The number of urea groups is 1. The molecule has 2 heterocycles. The van der Waals surface area contributed by atoms with E-state index in [1.54, 1.807) is 11.8 Å². The topological polar surface area (TPSA) is 84.6 Å². The zero-order valence-electron chi connectivity index (χ0n) is 26.4. The number of amides is 2. The van der Waals surface area contributed by atoms with Crippen LogP contribution in [0.4, 0.5) is 23.7 Å². The van der Waals surface area contributed by atoms with Crippen molar-refractivity contribution in [3.63, 3.8) is 0 Å². The molecule has 242 valence electrons. The van der Waals surface area contributed by atoms with E-state index < -0.39 is 6.36 Å². The Balaban J connectivity index is 1.23. The molecule has 2 unspecified atom stereocenters. The van der Waals surface area contributed by atoms with Crippen molar-refractivity contribution >= 4 is 28.6 Å². The Bertz CT molecular complexity index is 1680. The van der Waals surface area contributed by atoms with Gasteiger partial charge in [0, 0.05) is 35.5 Å². The summed E-state index contributed by atoms with van der Waals surface area (Å²) >= 11 is 1.61. The zero-order valence-corrected chi connectivity index (χ0v) is 27.2. The molecule has 0 aliphatic carbocycles. The van der Waals surface area contributed by atoms with Gasteiger partial charge in [-0.1, -0.05) is 60.6 Å². The third kappa shape index (κ3) is 7.90. The predicted molar refractivity (Wildman–Crippen MR) is 177 cm³/mol. The standard InChI is InChI=1S/C34H37F3N6O2S/c1-6-25(19-38-32(44)40-33-43(24(5)15-16-46-33)30-22(3)17-21(2)18-23(30)4)26-7-9-27(10-8-26)31-39-20-42(41-31)28-11-13-29(14-12-28)45-34(35,36)37/h7-14,17-18,20,24-25H,6,15-16,19H2,1-5H3,(H,38,44)/b40-33-. The van der Waals surface area contributed by atoms with Crippen LogP contribution in [-0.4, -0.2) is 50.7 Å². The average Bonchev–Trinajstić information content (AvgIpc) is 3.49. The van der Waals surface area contributed by atoms with Crippen molar-refractivity contribution in [2.45, 2.75) is 65.8 Å². The Kier molecular flexibility index (Phi) is 10.0. The van der Waals surface area contributed by atoms with Gasteiger partial charge >= 0.3 is 12.4 Å². The molecule has 0 saturated carbocycles. The summed E-state index contributed by atoms with van der Waals surface area (Å²) in [7, 11) is 0. The molecule has 0 radical (unpaired) electrons. The fourth-order valence-corrected chi connectivity index (χ4v) is 6.92. The summed E-state index contributed by atoms with van der Waals surface area (Å²) in [6.45, 7) is 11.0. The highest BCUT2D eigenvalue weighted by molar-refractivity contribution is 8.14. The molecular formula is C34H37F3N6O2S. The number of ether oxygens (including phenoxy) is 1. The summed E-state index contributed by atoms with van der Waals surface area (Å²) in [5, 5.41) is 8.22. The molecule has 1 fully saturated rings. The quantitative estimate of drug-likeness (QED) is 0.206. The van der Waals surface area contributed by atoms with E-state index in [4.69, 9.17) is 0 Å². The van der Waals surface area contributed by atoms with Crippen molar-refractivity contribution in [2.75, 3.05) is 17.2 Å². The second kappa shape index (κ2) is 14.0. The highest BCUT2D eigenvalue weighted by Gasteiger charge is 2.31. The zero-order chi connectivity index (χ0) is 33.0. The van der Waals surface area contributed by atoms with Gasteiger partial charge in [-0.15, -0.1) is 18.3 Å². The second-order valence-corrected chi connectivity index (χ2v) is 12.5. The van der Waals surface area contributed by atoms with Gasteiger partial charge in [-0.2, -0.15) is 4.99 Å². The Morgan fingerprint density at radius 3 is 2.39 bits per heavy atom. The first-order chi connectivity index (χ1) is 21.9. The van der Waals surface area contributed by atoms with Crippen LogP contribution in [0.5, 0.6) is 5.75 Å². The molecule has 4 aromatic rings. The van der Waals surface area contributed by atoms with Crippen molar-refractivity contribution in [3.8, 4) is 22.8 Å². The van der Waals surface area contributed by atoms with Crippen LogP contribution in [0.1, 0.15) is 54.9 Å². The van der Waals surface area contributed by atoms with Crippen LogP contribution in [0, 0.1) is 20.8 Å². The summed E-state index contributed by atoms with van der Waals surface area (Å²) in [4.78, 5) is 24.2. The summed E-state index contributed by atoms with van der Waals surface area (Å²) < 4.78 is 42.8. The summed E-state index contributed by atoms with van der Waals surface area (Å²) in [5.41, 5.74) is 7.07. The first-order valence-corrected chi connectivity index (χ1v) is 16.1. The van der Waals surface area contributed by atoms with E-state index in [0.717, 1.165) is 40.6 Å². The maximum atomic E-state index is 13.1. The van der Waals surface area contributed by atoms with Gasteiger partial charge in [0.15, 0.2) is 11.0 Å². The van der Waals surface area contributed by atoms with Gasteiger partial charge in [0.1, 0.15) is 12.1 Å². The van der Waals surface area contributed by atoms with Crippen LogP contribution in [0.25, 0.3) is 17.1 Å². The lowest BCUT2D eigenvalue weighted by Gasteiger charge is -2.37. The van der Waals surface area contributed by atoms with Gasteiger partial charge in [0.05, 0.1) is 5.69 Å². The fraction of sp³-hybridized carbons (Fsp3) is 0.353. The monoisotopic (exact) mass is 650 g/mol. The molecule has 1 saturated heterocycles. The van der Waals surface area contributed by atoms with E-state index in [2.05, 4.69) is 76.8 Å². The Morgan fingerprint density at radius 2 is 1.76 bits per heavy atom. The lowest BCUT2D eigenvalue weighted by Crippen LogP contribution is -2.43. The van der Waals surface area contributed by atoms with Crippen LogP contribution >= 0.6 is 11.8 Å². The number of nitrogens with one attached hydrogen (secondary N) is 1. The van der Waals surface area contributed by atoms with E-state index in [-0.39, 0.29) is 23.7 Å². The molecule has 1 aliphatic rings. The van der Waals surface area contributed by atoms with E-state index in [9.17, 15) is 18.0 Å². The summed E-state index contributed by atoms with van der Waals surface area (Å²) in [5.74, 6) is 1.16. The number of carbonyl (C=O) groups is 1. The number of nitrogens with zero attached hydrogens (tertiary/aromatic N) is 5. The smallest absolute Gasteiger partial charge is 0.406 e. The molecule has 46 heavy (non-hydrogen) atoms. The number of alkyl halides is 3. The lowest BCUT2D eigenvalue weighted by molar-refractivity contribution is -0.274. The van der Waals surface area contributed by atoms with E-state index in [1.165, 1.54) is 52.0 Å². The van der Waals surface area contributed by atoms with Gasteiger partial charge in [0.25, 0.3) is 0 Å². The minimum atomic E-state index is -4.75. The minimum Gasteiger partial charge on any atom is -0.406 e.